The predicted molar refractivity (Wildman–Crippen MR) is 201 cm³/mol. The second-order valence-electron chi connectivity index (χ2n) is 13.1. The summed E-state index contributed by atoms with van der Waals surface area (Å²) in [5.41, 5.74) is 3.42. The van der Waals surface area contributed by atoms with Gasteiger partial charge in [0, 0.05) is 17.6 Å². The number of furan rings is 2. The van der Waals surface area contributed by atoms with Crippen molar-refractivity contribution in [3.8, 4) is 11.4 Å². The molecule has 53 heavy (non-hydrogen) atoms. The molecule has 2 atom stereocenters. The van der Waals surface area contributed by atoms with Gasteiger partial charge in [0.1, 0.15) is 11.5 Å². The van der Waals surface area contributed by atoms with Crippen LogP contribution in [0.1, 0.15) is 100 Å². The maximum Gasteiger partial charge on any atom is 0.290 e. The Balaban J connectivity index is 0.000000164. The van der Waals surface area contributed by atoms with E-state index in [1.54, 1.807) is 23.1 Å². The zero-order valence-corrected chi connectivity index (χ0v) is 32.7. The molecule has 4 aromatic heterocycles. The van der Waals surface area contributed by atoms with E-state index in [1.807, 2.05) is 74.2 Å². The summed E-state index contributed by atoms with van der Waals surface area (Å²) in [5.74, 6) is 2.65. The van der Waals surface area contributed by atoms with Crippen LogP contribution in [-0.4, -0.2) is 75.1 Å². The van der Waals surface area contributed by atoms with E-state index in [9.17, 15) is 9.59 Å². The van der Waals surface area contributed by atoms with Crippen LogP contribution in [0.3, 0.4) is 0 Å². The van der Waals surface area contributed by atoms with Gasteiger partial charge in [-0.2, -0.15) is 0 Å². The molecule has 2 saturated heterocycles. The second-order valence-corrected chi connectivity index (χ2v) is 14.8. The quantitative estimate of drug-likeness (QED) is 0.163. The van der Waals surface area contributed by atoms with Gasteiger partial charge in [-0.05, 0) is 140 Å². The first kappa shape index (κ1) is 36.4. The first-order valence-corrected chi connectivity index (χ1v) is 19.1. The Labute approximate surface area is 322 Å². The molecule has 16 heteroatoms. The fraction of sp³-hybridized carbons (Fsp3) is 0.351. The third kappa shape index (κ3) is 8.18. The van der Waals surface area contributed by atoms with Gasteiger partial charge in [-0.1, -0.05) is 34.1 Å². The largest absolute Gasteiger partial charge is 0.466 e. The highest BCUT2D eigenvalue weighted by molar-refractivity contribution is 9.10. The third-order valence-corrected chi connectivity index (χ3v) is 10.2. The molecule has 274 valence electrons. The van der Waals surface area contributed by atoms with E-state index in [0.717, 1.165) is 65.7 Å². The van der Waals surface area contributed by atoms with Gasteiger partial charge in [0.05, 0.1) is 29.0 Å². The number of nitrogens with zero attached hydrogens (tertiary/aromatic N) is 10. The summed E-state index contributed by atoms with van der Waals surface area (Å²) in [6, 6.07) is 20.4. The molecule has 8 rings (SSSR count). The van der Waals surface area contributed by atoms with Crippen molar-refractivity contribution < 1.29 is 18.4 Å². The van der Waals surface area contributed by atoms with Gasteiger partial charge in [-0.25, -0.2) is 0 Å². The van der Waals surface area contributed by atoms with Crippen molar-refractivity contribution in [1.82, 2.24) is 50.2 Å². The van der Waals surface area contributed by atoms with Crippen LogP contribution in [0, 0.1) is 20.8 Å². The van der Waals surface area contributed by atoms with Crippen LogP contribution in [0.2, 0.25) is 0 Å². The SMILES string of the molecule is Cc1cccc(-n2nnc(C3CCCCN3C(=O)c3cc(C)oc3C)n2)c1.O=C(c1ccc(Br)o1)N1CCCCC1c1nnn(-c2cccc(Br)c2)n1. The van der Waals surface area contributed by atoms with Gasteiger partial charge in [0.15, 0.2) is 22.1 Å². The minimum atomic E-state index is -0.207. The molecule has 0 radical (unpaired) electrons. The van der Waals surface area contributed by atoms with Crippen molar-refractivity contribution in [3.63, 3.8) is 0 Å². The van der Waals surface area contributed by atoms with Gasteiger partial charge in [-0.3, -0.25) is 9.59 Å². The van der Waals surface area contributed by atoms with Crippen LogP contribution in [0.4, 0.5) is 0 Å². The Morgan fingerprint density at radius 3 is 1.85 bits per heavy atom. The molecule has 14 nitrogen and oxygen atoms in total. The number of carbonyl (C=O) groups is 2. The molecule has 0 bridgehead atoms. The van der Waals surface area contributed by atoms with Crippen LogP contribution >= 0.6 is 31.9 Å². The molecule has 6 heterocycles. The van der Waals surface area contributed by atoms with E-state index < -0.39 is 0 Å². The number of benzene rings is 2. The van der Waals surface area contributed by atoms with E-state index >= 15 is 0 Å². The Morgan fingerprint density at radius 1 is 0.698 bits per heavy atom. The molecule has 2 amide bonds. The van der Waals surface area contributed by atoms with Crippen LogP contribution in [-0.2, 0) is 0 Å². The monoisotopic (exact) mass is 844 g/mol. The summed E-state index contributed by atoms with van der Waals surface area (Å²) in [5, 5.41) is 25.9. The molecule has 2 fully saturated rings. The Bertz CT molecular complexity index is 2230. The molecule has 2 aliphatic rings. The number of piperidine rings is 2. The van der Waals surface area contributed by atoms with E-state index in [1.165, 1.54) is 9.59 Å². The Morgan fingerprint density at radius 2 is 1.30 bits per heavy atom. The van der Waals surface area contributed by atoms with Crippen molar-refractivity contribution in [2.45, 2.75) is 71.4 Å². The summed E-state index contributed by atoms with van der Waals surface area (Å²) in [4.78, 5) is 32.6. The standard InChI is InChI=1S/C20H23N5O2.C17H15Br2N5O2/c1-13-7-6-8-16(11-13)25-22-19(21-23-25)18-9-4-5-10-24(18)20(26)17-12-14(2)27-15(17)3;18-11-4-3-5-12(10-11)24-21-16(20-22-24)13-6-1-2-9-23(13)17(25)14-7-8-15(19)26-14/h6-8,11-12,18H,4-5,9-10H2,1-3H3;3-5,7-8,10,13H,1-2,6,9H2. The lowest BCUT2D eigenvalue weighted by Gasteiger charge is -2.33. The van der Waals surface area contributed by atoms with Crippen molar-refractivity contribution in [2.75, 3.05) is 13.1 Å². The molecular formula is C37H38Br2N10O4. The van der Waals surface area contributed by atoms with Gasteiger partial charge in [0.2, 0.25) is 0 Å². The average molecular weight is 847 g/mol. The third-order valence-electron chi connectivity index (χ3n) is 9.31. The summed E-state index contributed by atoms with van der Waals surface area (Å²) >= 11 is 6.68. The first-order valence-electron chi connectivity index (χ1n) is 17.5. The number of hydrogen-bond acceptors (Lipinski definition) is 10. The summed E-state index contributed by atoms with van der Waals surface area (Å²) in [7, 11) is 0. The van der Waals surface area contributed by atoms with Gasteiger partial charge in [-0.15, -0.1) is 30.0 Å². The second kappa shape index (κ2) is 16.0. The number of hydrogen-bond donors (Lipinski definition) is 0. The zero-order valence-electron chi connectivity index (χ0n) is 29.5. The fourth-order valence-electron chi connectivity index (χ4n) is 6.74. The van der Waals surface area contributed by atoms with Crippen LogP contribution in [0.5, 0.6) is 0 Å². The highest BCUT2D eigenvalue weighted by atomic mass is 79.9. The number of tetrazole rings is 2. The predicted octanol–water partition coefficient (Wildman–Crippen LogP) is 7.70. The minimum Gasteiger partial charge on any atom is -0.466 e. The number of amides is 2. The maximum absolute atomic E-state index is 13.1. The number of rotatable bonds is 6. The first-order chi connectivity index (χ1) is 25.6. The van der Waals surface area contributed by atoms with Crippen molar-refractivity contribution in [1.29, 1.82) is 0 Å². The average Bonchev–Trinajstić information content (AvgIpc) is 3.99. The lowest BCUT2D eigenvalue weighted by Crippen LogP contribution is -2.39. The molecule has 0 N–H and O–H groups in total. The van der Waals surface area contributed by atoms with E-state index in [4.69, 9.17) is 8.83 Å². The molecule has 2 aliphatic heterocycles. The smallest absolute Gasteiger partial charge is 0.290 e. The molecule has 6 aromatic rings. The molecular weight excluding hydrogens is 808 g/mol. The van der Waals surface area contributed by atoms with Crippen molar-refractivity contribution >= 4 is 43.7 Å². The topological polar surface area (TPSA) is 154 Å². The van der Waals surface area contributed by atoms with Gasteiger partial charge in [0.25, 0.3) is 11.8 Å². The van der Waals surface area contributed by atoms with Crippen molar-refractivity contribution in [3.05, 3.63) is 116 Å². The fourth-order valence-corrected chi connectivity index (χ4v) is 7.44. The summed E-state index contributed by atoms with van der Waals surface area (Å²) in [6.45, 7) is 7.04. The van der Waals surface area contributed by atoms with Gasteiger partial charge >= 0.3 is 0 Å². The van der Waals surface area contributed by atoms with E-state index in [-0.39, 0.29) is 23.9 Å². The number of aromatic nitrogens is 8. The van der Waals surface area contributed by atoms with E-state index in [0.29, 0.717) is 46.5 Å². The lowest BCUT2D eigenvalue weighted by atomic mass is 10.0. The molecule has 2 unspecified atom stereocenters. The Hall–Kier alpha value is -4.96. The molecule has 2 aromatic carbocycles. The Kier molecular flexibility index (Phi) is 11.0. The van der Waals surface area contributed by atoms with Gasteiger partial charge < -0.3 is 18.6 Å². The molecule has 0 spiro atoms. The minimum absolute atomic E-state index is 0.0269. The lowest BCUT2D eigenvalue weighted by molar-refractivity contribution is 0.0564. The number of carbonyl (C=O) groups excluding carboxylic acids is 2. The van der Waals surface area contributed by atoms with E-state index in [2.05, 4.69) is 62.7 Å². The summed E-state index contributed by atoms with van der Waals surface area (Å²) < 4.78 is 12.4. The summed E-state index contributed by atoms with van der Waals surface area (Å²) in [6.07, 6.45) is 5.62. The highest BCUT2D eigenvalue weighted by Crippen LogP contribution is 2.32. The zero-order chi connectivity index (χ0) is 37.1. The number of likely N-dealkylation sites (tertiary alicyclic amines) is 2. The highest BCUT2D eigenvalue weighted by Gasteiger charge is 2.34. The van der Waals surface area contributed by atoms with Crippen molar-refractivity contribution in [2.24, 2.45) is 0 Å². The number of aryl methyl sites for hydroxylation is 3. The van der Waals surface area contributed by atoms with Crippen LogP contribution in [0.15, 0.2) is 84.7 Å². The maximum atomic E-state index is 13.1. The normalized spacial score (nSPS) is 17.4. The number of halogens is 2. The molecule has 0 aliphatic carbocycles. The molecule has 0 saturated carbocycles. The van der Waals surface area contributed by atoms with Crippen LogP contribution in [0.25, 0.3) is 11.4 Å². The van der Waals surface area contributed by atoms with Crippen LogP contribution < -0.4 is 0 Å².